The minimum Gasteiger partial charge on any atom is -0.325 e. The topological polar surface area (TPSA) is 43.1 Å². The number of carbonyl (C=O) groups is 1. The highest BCUT2D eigenvalue weighted by Crippen LogP contribution is 2.12. The van der Waals surface area contributed by atoms with Crippen LogP contribution >= 0.6 is 0 Å². The second kappa shape index (κ2) is 3.93. The Labute approximate surface area is 85.1 Å². The van der Waals surface area contributed by atoms with Gasteiger partial charge in [0, 0.05) is 17.5 Å². The van der Waals surface area contributed by atoms with Crippen molar-refractivity contribution in [3.05, 3.63) is 35.4 Å². The van der Waals surface area contributed by atoms with E-state index in [2.05, 4.69) is 0 Å². The van der Waals surface area contributed by atoms with Crippen LogP contribution in [0.3, 0.4) is 0 Å². The summed E-state index contributed by atoms with van der Waals surface area (Å²) in [6, 6.07) is 7.60. The van der Waals surface area contributed by atoms with Gasteiger partial charge in [0.1, 0.15) is 0 Å². The first kappa shape index (κ1) is 10.9. The van der Waals surface area contributed by atoms with Crippen molar-refractivity contribution in [1.29, 1.82) is 0 Å². The molecule has 2 nitrogen and oxygen atoms in total. The molecule has 76 valence electrons. The molecule has 14 heavy (non-hydrogen) atoms. The van der Waals surface area contributed by atoms with Crippen LogP contribution < -0.4 is 5.73 Å². The predicted molar refractivity (Wildman–Crippen MR) is 58.4 cm³/mol. The van der Waals surface area contributed by atoms with Gasteiger partial charge in [-0.2, -0.15) is 0 Å². The fourth-order valence-electron chi connectivity index (χ4n) is 1.33. The predicted octanol–water partition coefficient (Wildman–Crippen LogP) is 2.31. The van der Waals surface area contributed by atoms with Crippen LogP contribution in [0, 0.1) is 6.92 Å². The number of aryl methyl sites for hydroxylation is 1. The van der Waals surface area contributed by atoms with Gasteiger partial charge in [0.25, 0.3) is 0 Å². The highest BCUT2D eigenvalue weighted by molar-refractivity contribution is 5.96. The molecule has 0 fully saturated rings. The van der Waals surface area contributed by atoms with Crippen molar-refractivity contribution in [1.82, 2.24) is 0 Å². The molecule has 0 aliphatic rings. The highest BCUT2D eigenvalue weighted by atomic mass is 16.1. The van der Waals surface area contributed by atoms with Crippen LogP contribution in [0.2, 0.25) is 0 Å². The normalized spacial score (nSPS) is 11.4. The Morgan fingerprint density at radius 2 is 2.07 bits per heavy atom. The average molecular weight is 191 g/mol. The second-order valence-corrected chi connectivity index (χ2v) is 4.46. The van der Waals surface area contributed by atoms with E-state index in [0.29, 0.717) is 6.42 Å². The summed E-state index contributed by atoms with van der Waals surface area (Å²) < 4.78 is 0. The van der Waals surface area contributed by atoms with E-state index in [1.54, 1.807) is 0 Å². The van der Waals surface area contributed by atoms with E-state index in [0.717, 1.165) is 11.1 Å². The van der Waals surface area contributed by atoms with Gasteiger partial charge in [0.2, 0.25) is 0 Å². The van der Waals surface area contributed by atoms with Crippen LogP contribution in [0.4, 0.5) is 0 Å². The molecule has 0 spiro atoms. The smallest absolute Gasteiger partial charge is 0.164 e. The van der Waals surface area contributed by atoms with Crippen LogP contribution in [-0.2, 0) is 0 Å². The number of carbonyl (C=O) groups excluding carboxylic acids is 1. The van der Waals surface area contributed by atoms with Crippen molar-refractivity contribution < 1.29 is 4.79 Å². The van der Waals surface area contributed by atoms with Crippen LogP contribution in [0.15, 0.2) is 24.3 Å². The van der Waals surface area contributed by atoms with Gasteiger partial charge in [-0.15, -0.1) is 0 Å². The van der Waals surface area contributed by atoms with E-state index in [1.165, 1.54) is 0 Å². The van der Waals surface area contributed by atoms with Crippen molar-refractivity contribution in [3.63, 3.8) is 0 Å². The van der Waals surface area contributed by atoms with Crippen molar-refractivity contribution in [2.24, 2.45) is 5.73 Å². The van der Waals surface area contributed by atoms with Gasteiger partial charge >= 0.3 is 0 Å². The third kappa shape index (κ3) is 3.30. The molecule has 0 amide bonds. The van der Waals surface area contributed by atoms with E-state index in [9.17, 15) is 4.79 Å². The van der Waals surface area contributed by atoms with Gasteiger partial charge in [-0.1, -0.05) is 23.8 Å². The molecule has 0 radical (unpaired) electrons. The molecule has 1 aromatic rings. The van der Waals surface area contributed by atoms with Gasteiger partial charge in [0.15, 0.2) is 5.78 Å². The maximum Gasteiger partial charge on any atom is 0.164 e. The maximum absolute atomic E-state index is 11.7. The molecular formula is C12H17NO. The molecule has 0 heterocycles. The Bertz CT molecular complexity index is 336. The lowest BCUT2D eigenvalue weighted by molar-refractivity contribution is 0.0960. The minimum absolute atomic E-state index is 0.112. The summed E-state index contributed by atoms with van der Waals surface area (Å²) in [6.07, 6.45) is 0.385. The molecular weight excluding hydrogens is 174 g/mol. The lowest BCUT2D eigenvalue weighted by atomic mass is 9.95. The first-order chi connectivity index (χ1) is 6.38. The Kier molecular flexibility index (Phi) is 3.06. The molecule has 1 rings (SSSR count). The molecule has 2 heteroatoms. The summed E-state index contributed by atoms with van der Waals surface area (Å²) in [7, 11) is 0. The van der Waals surface area contributed by atoms with Gasteiger partial charge in [0.05, 0.1) is 0 Å². The minimum atomic E-state index is -0.430. The van der Waals surface area contributed by atoms with Crippen LogP contribution in [0.1, 0.15) is 36.2 Å². The SMILES string of the molecule is Cc1cccc(C(=O)CC(C)(C)N)c1. The van der Waals surface area contributed by atoms with Crippen molar-refractivity contribution in [2.45, 2.75) is 32.7 Å². The van der Waals surface area contributed by atoms with E-state index < -0.39 is 5.54 Å². The molecule has 0 atom stereocenters. The Morgan fingerprint density at radius 3 is 2.57 bits per heavy atom. The summed E-state index contributed by atoms with van der Waals surface area (Å²) in [5.74, 6) is 0.112. The molecule has 0 unspecified atom stereocenters. The van der Waals surface area contributed by atoms with E-state index >= 15 is 0 Å². The maximum atomic E-state index is 11.7. The fourth-order valence-corrected chi connectivity index (χ4v) is 1.33. The average Bonchev–Trinajstić information content (AvgIpc) is 2.01. The van der Waals surface area contributed by atoms with Gasteiger partial charge in [-0.05, 0) is 26.8 Å². The number of hydrogen-bond donors (Lipinski definition) is 1. The quantitative estimate of drug-likeness (QED) is 0.745. The number of benzene rings is 1. The van der Waals surface area contributed by atoms with Gasteiger partial charge in [-0.25, -0.2) is 0 Å². The van der Waals surface area contributed by atoms with Crippen LogP contribution in [-0.4, -0.2) is 11.3 Å². The van der Waals surface area contributed by atoms with E-state index in [4.69, 9.17) is 5.73 Å². The monoisotopic (exact) mass is 191 g/mol. The third-order valence-corrected chi connectivity index (χ3v) is 1.96. The molecule has 0 saturated heterocycles. The number of ketones is 1. The first-order valence-corrected chi connectivity index (χ1v) is 4.77. The lowest BCUT2D eigenvalue weighted by Gasteiger charge is -2.17. The number of hydrogen-bond acceptors (Lipinski definition) is 2. The number of rotatable bonds is 3. The summed E-state index contributed by atoms with van der Waals surface area (Å²) in [4.78, 5) is 11.7. The van der Waals surface area contributed by atoms with Gasteiger partial charge in [-0.3, -0.25) is 4.79 Å². The van der Waals surface area contributed by atoms with E-state index in [1.807, 2.05) is 45.0 Å². The molecule has 1 aromatic carbocycles. The summed E-state index contributed by atoms with van der Waals surface area (Å²) >= 11 is 0. The zero-order valence-electron chi connectivity index (χ0n) is 9.00. The molecule has 0 saturated carbocycles. The molecule has 0 aromatic heterocycles. The number of Topliss-reactive ketones (excluding diaryl/α,β-unsaturated/α-hetero) is 1. The summed E-state index contributed by atoms with van der Waals surface area (Å²) in [5.41, 5.74) is 7.22. The first-order valence-electron chi connectivity index (χ1n) is 4.77. The standard InChI is InChI=1S/C12H17NO/c1-9-5-4-6-10(7-9)11(14)8-12(2,3)13/h4-7H,8,13H2,1-3H3. The Balaban J connectivity index is 2.80. The fraction of sp³-hybridized carbons (Fsp3) is 0.417. The van der Waals surface area contributed by atoms with E-state index in [-0.39, 0.29) is 5.78 Å². The van der Waals surface area contributed by atoms with Crippen LogP contribution in [0.25, 0.3) is 0 Å². The zero-order valence-corrected chi connectivity index (χ0v) is 9.00. The Morgan fingerprint density at radius 1 is 1.43 bits per heavy atom. The second-order valence-electron chi connectivity index (χ2n) is 4.46. The summed E-state index contributed by atoms with van der Waals surface area (Å²) in [5, 5.41) is 0. The van der Waals surface area contributed by atoms with Crippen molar-refractivity contribution in [3.8, 4) is 0 Å². The van der Waals surface area contributed by atoms with Gasteiger partial charge < -0.3 is 5.73 Å². The molecule has 0 aliphatic carbocycles. The summed E-state index contributed by atoms with van der Waals surface area (Å²) in [6.45, 7) is 5.70. The zero-order chi connectivity index (χ0) is 10.8. The third-order valence-electron chi connectivity index (χ3n) is 1.96. The largest absolute Gasteiger partial charge is 0.325 e. The highest BCUT2D eigenvalue weighted by Gasteiger charge is 2.17. The lowest BCUT2D eigenvalue weighted by Crippen LogP contribution is -2.34. The molecule has 0 bridgehead atoms. The molecule has 0 aliphatic heterocycles. The van der Waals surface area contributed by atoms with Crippen LogP contribution in [0.5, 0.6) is 0 Å². The molecule has 2 N–H and O–H groups in total. The van der Waals surface area contributed by atoms with Crippen molar-refractivity contribution in [2.75, 3.05) is 0 Å². The number of nitrogens with two attached hydrogens (primary N) is 1. The van der Waals surface area contributed by atoms with Crippen molar-refractivity contribution >= 4 is 5.78 Å². The Hall–Kier alpha value is -1.15.